The first-order valence-electron chi connectivity index (χ1n) is 7.78. The number of H-pyrrole nitrogens is 1. The van der Waals surface area contributed by atoms with Crippen molar-refractivity contribution in [2.45, 2.75) is 36.6 Å². The summed E-state index contributed by atoms with van der Waals surface area (Å²) in [5.74, 6) is 0.676. The van der Waals surface area contributed by atoms with Gasteiger partial charge in [-0.15, -0.1) is 11.8 Å². The zero-order valence-corrected chi connectivity index (χ0v) is 14.3. The molecule has 0 spiro atoms. The smallest absolute Gasteiger partial charge is 0.330 e. The topological polar surface area (TPSA) is 113 Å². The Morgan fingerprint density at radius 3 is 2.88 bits per heavy atom. The average Bonchev–Trinajstić information content (AvgIpc) is 3.00. The lowest BCUT2D eigenvalue weighted by atomic mass is 10.2. The average molecular weight is 359 g/mol. The second-order valence-corrected chi connectivity index (χ2v) is 6.85. The van der Waals surface area contributed by atoms with Gasteiger partial charge in [-0.2, -0.15) is 0 Å². The molecule has 1 fully saturated rings. The summed E-state index contributed by atoms with van der Waals surface area (Å²) in [5, 5.41) is 3.77. The van der Waals surface area contributed by atoms with Crippen molar-refractivity contribution in [1.29, 1.82) is 0 Å². The van der Waals surface area contributed by atoms with Crippen LogP contribution in [-0.2, 0) is 4.74 Å². The molecule has 8 nitrogen and oxygen atoms in total. The van der Waals surface area contributed by atoms with Crippen LogP contribution in [0.3, 0.4) is 0 Å². The summed E-state index contributed by atoms with van der Waals surface area (Å²) in [6.07, 6.45) is 1.07. The standard InChI is InChI=1S/C16H17N5O3S/c1-10-8-21(16(23)18-14(10)22)15-13(19-20-17)7-11(24-15)9-25-12-5-3-2-4-6-12/h2-6,8,11,13,15H,7,9H2,1H3,(H,18,22,23)/t11-,13+,15+/m0/s1. The maximum atomic E-state index is 12.1. The van der Waals surface area contributed by atoms with Gasteiger partial charge in [0.2, 0.25) is 0 Å². The molecule has 0 saturated carbocycles. The fourth-order valence-electron chi connectivity index (χ4n) is 2.74. The van der Waals surface area contributed by atoms with Crippen molar-refractivity contribution in [1.82, 2.24) is 9.55 Å². The van der Waals surface area contributed by atoms with Crippen LogP contribution in [0.4, 0.5) is 0 Å². The second kappa shape index (κ2) is 7.60. The van der Waals surface area contributed by atoms with E-state index in [1.54, 1.807) is 18.7 Å². The summed E-state index contributed by atoms with van der Waals surface area (Å²) in [5.41, 5.74) is 8.19. The van der Waals surface area contributed by atoms with Crippen molar-refractivity contribution in [3.63, 3.8) is 0 Å². The van der Waals surface area contributed by atoms with Crippen LogP contribution >= 0.6 is 11.8 Å². The van der Waals surface area contributed by atoms with E-state index < -0.39 is 23.5 Å². The molecule has 1 aliphatic heterocycles. The molecule has 0 bridgehead atoms. The van der Waals surface area contributed by atoms with Crippen LogP contribution in [0.1, 0.15) is 18.2 Å². The number of thioether (sulfide) groups is 1. The molecular formula is C16H17N5O3S. The first kappa shape index (κ1) is 17.3. The second-order valence-electron chi connectivity index (χ2n) is 5.76. The minimum absolute atomic E-state index is 0.162. The Labute approximate surface area is 147 Å². The first-order valence-corrected chi connectivity index (χ1v) is 8.76. The quantitative estimate of drug-likeness (QED) is 0.382. The molecule has 130 valence electrons. The number of azide groups is 1. The number of aromatic amines is 1. The highest BCUT2D eigenvalue weighted by molar-refractivity contribution is 7.99. The number of aryl methyl sites for hydroxylation is 1. The third-order valence-electron chi connectivity index (χ3n) is 3.96. The number of ether oxygens (including phenoxy) is 1. The SMILES string of the molecule is Cc1cn([C@@H]2O[C@H](CSc3ccccc3)C[C@H]2N=[N+]=[N-])c(=O)[nH]c1=O. The van der Waals surface area contributed by atoms with E-state index >= 15 is 0 Å². The molecule has 2 heterocycles. The molecule has 1 aliphatic rings. The summed E-state index contributed by atoms with van der Waals surface area (Å²) >= 11 is 1.64. The highest BCUT2D eigenvalue weighted by Crippen LogP contribution is 2.33. The van der Waals surface area contributed by atoms with Gasteiger partial charge in [0.15, 0.2) is 0 Å². The highest BCUT2D eigenvalue weighted by atomic mass is 32.2. The summed E-state index contributed by atoms with van der Waals surface area (Å²) in [6, 6.07) is 9.40. The Hall–Kier alpha value is -2.48. The van der Waals surface area contributed by atoms with E-state index in [1.807, 2.05) is 30.3 Å². The lowest BCUT2D eigenvalue weighted by Gasteiger charge is -2.18. The third-order valence-corrected chi connectivity index (χ3v) is 5.11. The monoisotopic (exact) mass is 359 g/mol. The number of nitrogens with zero attached hydrogens (tertiary/aromatic N) is 4. The van der Waals surface area contributed by atoms with Crippen LogP contribution in [0.25, 0.3) is 10.4 Å². The van der Waals surface area contributed by atoms with Crippen LogP contribution in [0.2, 0.25) is 0 Å². The fraction of sp³-hybridized carbons (Fsp3) is 0.375. The molecule has 1 saturated heterocycles. The molecule has 0 aliphatic carbocycles. The Bertz CT molecular complexity index is 904. The molecule has 1 aromatic heterocycles. The number of hydrogen-bond acceptors (Lipinski definition) is 5. The zero-order chi connectivity index (χ0) is 17.8. The van der Waals surface area contributed by atoms with Gasteiger partial charge in [0.1, 0.15) is 6.23 Å². The molecule has 9 heteroatoms. The molecule has 1 N–H and O–H groups in total. The summed E-state index contributed by atoms with van der Waals surface area (Å²) in [6.45, 7) is 1.61. The van der Waals surface area contributed by atoms with Gasteiger partial charge in [0.25, 0.3) is 5.56 Å². The molecule has 3 atom stereocenters. The van der Waals surface area contributed by atoms with E-state index in [9.17, 15) is 9.59 Å². The van der Waals surface area contributed by atoms with E-state index in [0.29, 0.717) is 17.7 Å². The molecule has 0 amide bonds. The number of benzene rings is 1. The van der Waals surface area contributed by atoms with Crippen molar-refractivity contribution in [3.05, 3.63) is 73.4 Å². The van der Waals surface area contributed by atoms with Crippen LogP contribution in [0.5, 0.6) is 0 Å². The van der Waals surface area contributed by atoms with Crippen molar-refractivity contribution in [2.75, 3.05) is 5.75 Å². The van der Waals surface area contributed by atoms with E-state index in [-0.39, 0.29) is 6.10 Å². The maximum Gasteiger partial charge on any atom is 0.330 e. The maximum absolute atomic E-state index is 12.1. The Kier molecular flexibility index (Phi) is 5.28. The van der Waals surface area contributed by atoms with E-state index in [0.717, 1.165) is 4.90 Å². The lowest BCUT2D eigenvalue weighted by molar-refractivity contribution is 0.00474. The molecule has 3 rings (SSSR count). The molecule has 0 unspecified atom stereocenters. The van der Waals surface area contributed by atoms with E-state index in [1.165, 1.54) is 10.8 Å². The van der Waals surface area contributed by atoms with Crippen molar-refractivity contribution >= 4 is 11.8 Å². The largest absolute Gasteiger partial charge is 0.353 e. The summed E-state index contributed by atoms with van der Waals surface area (Å²) in [7, 11) is 0. The van der Waals surface area contributed by atoms with Gasteiger partial charge in [-0.1, -0.05) is 23.3 Å². The van der Waals surface area contributed by atoms with Crippen molar-refractivity contribution in [3.8, 4) is 0 Å². The van der Waals surface area contributed by atoms with Gasteiger partial charge in [-0.05, 0) is 31.0 Å². The molecule has 2 aromatic rings. The number of aromatic nitrogens is 2. The molecule has 0 radical (unpaired) electrons. The third kappa shape index (κ3) is 3.96. The lowest BCUT2D eigenvalue weighted by Crippen LogP contribution is -2.36. The predicted molar refractivity (Wildman–Crippen MR) is 94.7 cm³/mol. The normalized spacial score (nSPS) is 22.5. The zero-order valence-electron chi connectivity index (χ0n) is 13.5. The van der Waals surface area contributed by atoms with E-state index in [4.69, 9.17) is 10.3 Å². The Balaban J connectivity index is 1.79. The highest BCUT2D eigenvalue weighted by Gasteiger charge is 2.36. The van der Waals surface area contributed by atoms with Gasteiger partial charge in [0.05, 0.1) is 12.1 Å². The predicted octanol–water partition coefficient (Wildman–Crippen LogP) is 2.60. The van der Waals surface area contributed by atoms with Crippen molar-refractivity contribution in [2.24, 2.45) is 5.11 Å². The first-order chi connectivity index (χ1) is 12.1. The minimum atomic E-state index is -0.722. The van der Waals surface area contributed by atoms with Crippen LogP contribution < -0.4 is 11.2 Å². The Morgan fingerprint density at radius 2 is 2.16 bits per heavy atom. The van der Waals surface area contributed by atoms with Gasteiger partial charge >= 0.3 is 5.69 Å². The van der Waals surface area contributed by atoms with Gasteiger partial charge in [-0.25, -0.2) is 4.79 Å². The molecule has 25 heavy (non-hydrogen) atoms. The molecule has 1 aromatic carbocycles. The number of hydrogen-bond donors (Lipinski definition) is 1. The number of nitrogens with one attached hydrogen (secondary N) is 1. The van der Waals surface area contributed by atoms with Crippen molar-refractivity contribution < 1.29 is 4.74 Å². The van der Waals surface area contributed by atoms with Crippen LogP contribution in [-0.4, -0.2) is 27.4 Å². The summed E-state index contributed by atoms with van der Waals surface area (Å²) < 4.78 is 7.26. The fourth-order valence-corrected chi connectivity index (χ4v) is 3.68. The van der Waals surface area contributed by atoms with Crippen LogP contribution in [0.15, 0.2) is 56.1 Å². The molecular weight excluding hydrogens is 342 g/mol. The van der Waals surface area contributed by atoms with Crippen LogP contribution in [0, 0.1) is 6.92 Å². The van der Waals surface area contributed by atoms with E-state index in [2.05, 4.69) is 15.0 Å². The van der Waals surface area contributed by atoms with Gasteiger partial charge in [0, 0.05) is 27.3 Å². The van der Waals surface area contributed by atoms with Gasteiger partial charge in [-0.3, -0.25) is 14.3 Å². The summed E-state index contributed by atoms with van der Waals surface area (Å²) in [4.78, 5) is 29.9. The Morgan fingerprint density at radius 1 is 1.40 bits per heavy atom. The number of rotatable bonds is 5. The van der Waals surface area contributed by atoms with Gasteiger partial charge < -0.3 is 4.74 Å². The minimum Gasteiger partial charge on any atom is -0.353 e.